The third-order valence-corrected chi connectivity index (χ3v) is 6.00. The summed E-state index contributed by atoms with van der Waals surface area (Å²) >= 11 is 3.25. The molecular weight excluding hydrogens is 350 g/mol. The summed E-state index contributed by atoms with van der Waals surface area (Å²) in [7, 11) is 0. The van der Waals surface area contributed by atoms with Crippen molar-refractivity contribution in [2.45, 2.75) is 30.2 Å². The van der Waals surface area contributed by atoms with Crippen LogP contribution in [0.25, 0.3) is 10.2 Å². The van der Waals surface area contributed by atoms with Gasteiger partial charge in [0.2, 0.25) is 5.89 Å². The average molecular weight is 367 g/mol. The van der Waals surface area contributed by atoms with Crippen LogP contribution in [0.1, 0.15) is 29.3 Å². The van der Waals surface area contributed by atoms with Crippen LogP contribution < -0.4 is 0 Å². The highest BCUT2D eigenvalue weighted by atomic mass is 32.2. The van der Waals surface area contributed by atoms with Crippen molar-refractivity contribution in [2.24, 2.45) is 0 Å². The van der Waals surface area contributed by atoms with E-state index in [4.69, 9.17) is 4.42 Å². The van der Waals surface area contributed by atoms with Crippen LogP contribution in [-0.4, -0.2) is 15.2 Å². The Morgan fingerprint density at radius 1 is 1.04 bits per heavy atom. The van der Waals surface area contributed by atoms with Gasteiger partial charge in [0.25, 0.3) is 5.22 Å². The number of aromatic nitrogens is 3. The molecule has 4 nitrogen and oxygen atoms in total. The molecule has 126 valence electrons. The van der Waals surface area contributed by atoms with Crippen LogP contribution >= 0.6 is 23.1 Å². The highest BCUT2D eigenvalue weighted by Crippen LogP contribution is 2.28. The molecule has 2 aromatic carbocycles. The first-order chi connectivity index (χ1) is 12.3. The SMILES string of the molecule is CC(Cc1nnc(SCc2nc3ccccc3s2)o1)c1ccccc1. The summed E-state index contributed by atoms with van der Waals surface area (Å²) in [5.74, 6) is 1.78. The van der Waals surface area contributed by atoms with Crippen LogP contribution in [0.15, 0.2) is 64.2 Å². The van der Waals surface area contributed by atoms with Crippen molar-refractivity contribution in [3.05, 3.63) is 71.1 Å². The van der Waals surface area contributed by atoms with E-state index in [-0.39, 0.29) is 0 Å². The van der Waals surface area contributed by atoms with Gasteiger partial charge in [-0.3, -0.25) is 0 Å². The minimum absolute atomic E-state index is 0.351. The van der Waals surface area contributed by atoms with Crippen LogP contribution in [-0.2, 0) is 12.2 Å². The molecule has 4 aromatic rings. The minimum atomic E-state index is 0.351. The topological polar surface area (TPSA) is 51.8 Å². The summed E-state index contributed by atoms with van der Waals surface area (Å²) < 4.78 is 7.00. The first kappa shape index (κ1) is 16.3. The Morgan fingerprint density at radius 3 is 2.68 bits per heavy atom. The number of thioether (sulfide) groups is 1. The Kier molecular flexibility index (Phi) is 4.81. The van der Waals surface area contributed by atoms with Crippen molar-refractivity contribution < 1.29 is 4.42 Å². The number of para-hydroxylation sites is 1. The maximum absolute atomic E-state index is 5.79. The summed E-state index contributed by atoms with van der Waals surface area (Å²) in [6, 6.07) is 18.6. The van der Waals surface area contributed by atoms with Crippen molar-refractivity contribution in [2.75, 3.05) is 0 Å². The molecule has 2 aromatic heterocycles. The number of thiazole rings is 1. The second-order valence-corrected chi connectivity index (χ2v) is 7.88. The second kappa shape index (κ2) is 7.37. The lowest BCUT2D eigenvalue weighted by molar-refractivity contribution is 0.404. The Morgan fingerprint density at radius 2 is 1.84 bits per heavy atom. The van der Waals surface area contributed by atoms with Gasteiger partial charge in [0.1, 0.15) is 5.01 Å². The predicted octanol–water partition coefficient (Wildman–Crippen LogP) is 5.32. The van der Waals surface area contributed by atoms with Gasteiger partial charge < -0.3 is 4.42 Å². The molecule has 2 heterocycles. The Hall–Kier alpha value is -2.18. The van der Waals surface area contributed by atoms with Crippen molar-refractivity contribution in [1.29, 1.82) is 0 Å². The predicted molar refractivity (Wildman–Crippen MR) is 102 cm³/mol. The highest BCUT2D eigenvalue weighted by molar-refractivity contribution is 7.98. The molecule has 0 amide bonds. The number of fused-ring (bicyclic) bond motifs is 1. The van der Waals surface area contributed by atoms with Gasteiger partial charge in [0.15, 0.2) is 0 Å². The fraction of sp³-hybridized carbons (Fsp3) is 0.211. The van der Waals surface area contributed by atoms with Gasteiger partial charge >= 0.3 is 0 Å². The van der Waals surface area contributed by atoms with Gasteiger partial charge in [-0.1, -0.05) is 61.2 Å². The van der Waals surface area contributed by atoms with Gasteiger partial charge in [0.05, 0.1) is 16.0 Å². The summed E-state index contributed by atoms with van der Waals surface area (Å²) in [6.45, 7) is 2.17. The smallest absolute Gasteiger partial charge is 0.276 e. The molecule has 0 aliphatic heterocycles. The quantitative estimate of drug-likeness (QED) is 0.432. The van der Waals surface area contributed by atoms with Crippen molar-refractivity contribution in [3.63, 3.8) is 0 Å². The molecule has 0 saturated heterocycles. The van der Waals surface area contributed by atoms with E-state index in [1.54, 1.807) is 23.1 Å². The molecule has 0 spiro atoms. The van der Waals surface area contributed by atoms with E-state index in [1.807, 2.05) is 24.3 Å². The Balaban J connectivity index is 1.38. The largest absolute Gasteiger partial charge is 0.416 e. The molecule has 0 fully saturated rings. The van der Waals surface area contributed by atoms with Gasteiger partial charge in [0, 0.05) is 6.42 Å². The number of rotatable bonds is 6. The van der Waals surface area contributed by atoms with Crippen LogP contribution in [0.4, 0.5) is 0 Å². The lowest BCUT2D eigenvalue weighted by Crippen LogP contribution is -1.98. The molecule has 1 atom stereocenters. The van der Waals surface area contributed by atoms with E-state index in [0.29, 0.717) is 17.0 Å². The summed E-state index contributed by atoms with van der Waals surface area (Å²) in [5, 5.41) is 10.0. The molecule has 6 heteroatoms. The zero-order valence-electron chi connectivity index (χ0n) is 13.8. The van der Waals surface area contributed by atoms with Crippen LogP contribution in [0, 0.1) is 0 Å². The lowest BCUT2D eigenvalue weighted by atomic mass is 9.98. The Bertz CT molecular complexity index is 932. The van der Waals surface area contributed by atoms with Gasteiger partial charge in [-0.05, 0) is 23.6 Å². The first-order valence-corrected chi connectivity index (χ1v) is 9.93. The maximum atomic E-state index is 5.79. The molecule has 0 aliphatic carbocycles. The van der Waals surface area contributed by atoms with E-state index in [9.17, 15) is 0 Å². The molecule has 4 rings (SSSR count). The van der Waals surface area contributed by atoms with E-state index in [2.05, 4.69) is 52.4 Å². The van der Waals surface area contributed by atoms with Crippen LogP contribution in [0.2, 0.25) is 0 Å². The van der Waals surface area contributed by atoms with Crippen LogP contribution in [0.3, 0.4) is 0 Å². The second-order valence-electron chi connectivity index (χ2n) is 5.84. The van der Waals surface area contributed by atoms with E-state index >= 15 is 0 Å². The molecule has 0 saturated carbocycles. The van der Waals surface area contributed by atoms with Crippen molar-refractivity contribution >= 4 is 33.3 Å². The number of hydrogen-bond acceptors (Lipinski definition) is 6. The van der Waals surface area contributed by atoms with Gasteiger partial charge in [-0.15, -0.1) is 21.5 Å². The fourth-order valence-electron chi connectivity index (χ4n) is 2.65. The van der Waals surface area contributed by atoms with E-state index in [1.165, 1.54) is 10.3 Å². The van der Waals surface area contributed by atoms with Gasteiger partial charge in [-0.2, -0.15) is 0 Å². The standard InChI is InChI=1S/C19H17N3OS2/c1-13(14-7-3-2-4-8-14)11-17-21-22-19(23-17)24-12-18-20-15-9-5-6-10-16(15)25-18/h2-10,13H,11-12H2,1H3. The normalized spacial score (nSPS) is 12.5. The summed E-state index contributed by atoms with van der Waals surface area (Å²) in [5.41, 5.74) is 2.33. The molecule has 0 N–H and O–H groups in total. The highest BCUT2D eigenvalue weighted by Gasteiger charge is 2.13. The minimum Gasteiger partial charge on any atom is -0.416 e. The number of nitrogens with zero attached hydrogens (tertiary/aromatic N) is 3. The monoisotopic (exact) mass is 367 g/mol. The third-order valence-electron chi connectivity index (χ3n) is 3.96. The van der Waals surface area contributed by atoms with E-state index < -0.39 is 0 Å². The fourth-order valence-corrected chi connectivity index (χ4v) is 4.39. The van der Waals surface area contributed by atoms with Crippen LogP contribution in [0.5, 0.6) is 0 Å². The first-order valence-electron chi connectivity index (χ1n) is 8.12. The lowest BCUT2D eigenvalue weighted by Gasteiger charge is -2.08. The molecular formula is C19H17N3OS2. The number of hydrogen-bond donors (Lipinski definition) is 0. The molecule has 0 bridgehead atoms. The van der Waals surface area contributed by atoms with Gasteiger partial charge in [-0.25, -0.2) is 4.98 Å². The maximum Gasteiger partial charge on any atom is 0.276 e. The number of benzene rings is 2. The zero-order valence-corrected chi connectivity index (χ0v) is 15.4. The summed E-state index contributed by atoms with van der Waals surface area (Å²) in [6.07, 6.45) is 0.749. The summed E-state index contributed by atoms with van der Waals surface area (Å²) in [4.78, 5) is 4.63. The molecule has 0 radical (unpaired) electrons. The third kappa shape index (κ3) is 3.91. The molecule has 0 aliphatic rings. The molecule has 25 heavy (non-hydrogen) atoms. The zero-order chi connectivity index (χ0) is 17.1. The molecule has 1 unspecified atom stereocenters. The van der Waals surface area contributed by atoms with E-state index in [0.717, 1.165) is 22.7 Å². The van der Waals surface area contributed by atoms with Crippen molar-refractivity contribution in [1.82, 2.24) is 15.2 Å². The average Bonchev–Trinajstić information content (AvgIpc) is 3.26. The van der Waals surface area contributed by atoms with Crippen molar-refractivity contribution in [3.8, 4) is 0 Å². The Labute approximate surface area is 154 Å².